The van der Waals surface area contributed by atoms with Crippen LogP contribution in [0.5, 0.6) is 0 Å². The fourth-order valence-electron chi connectivity index (χ4n) is 3.99. The molecular weight excluding hydrogens is 403 g/mol. The van der Waals surface area contributed by atoms with Gasteiger partial charge in [-0.25, -0.2) is 4.39 Å². The highest BCUT2D eigenvalue weighted by molar-refractivity contribution is 7.08. The van der Waals surface area contributed by atoms with Crippen molar-refractivity contribution in [1.82, 2.24) is 20.9 Å². The highest BCUT2D eigenvalue weighted by Crippen LogP contribution is 2.21. The number of amides is 2. The van der Waals surface area contributed by atoms with E-state index in [1.807, 2.05) is 23.0 Å². The van der Waals surface area contributed by atoms with Crippen molar-refractivity contribution in [2.24, 2.45) is 0 Å². The minimum atomic E-state index is -0.898. The first kappa shape index (κ1) is 20.6. The molecule has 0 bridgehead atoms. The molecule has 1 aliphatic heterocycles. The van der Waals surface area contributed by atoms with E-state index >= 15 is 0 Å². The number of nitrogens with one attached hydrogen (secondary N) is 4. The summed E-state index contributed by atoms with van der Waals surface area (Å²) in [6.45, 7) is 1.76. The van der Waals surface area contributed by atoms with E-state index in [1.54, 1.807) is 17.4 Å². The molecule has 6 nitrogen and oxygen atoms in total. The maximum absolute atomic E-state index is 13.6. The van der Waals surface area contributed by atoms with E-state index < -0.39 is 5.54 Å². The second-order valence-electron chi connectivity index (χ2n) is 7.70. The molecule has 0 aliphatic carbocycles. The van der Waals surface area contributed by atoms with E-state index in [-0.39, 0.29) is 24.1 Å². The molecule has 1 aromatic carbocycles. The van der Waals surface area contributed by atoms with Gasteiger partial charge in [-0.1, -0.05) is 0 Å². The van der Waals surface area contributed by atoms with Gasteiger partial charge in [0.1, 0.15) is 11.4 Å². The molecule has 0 spiro atoms. The van der Waals surface area contributed by atoms with Crippen LogP contribution in [0.25, 0.3) is 10.9 Å². The molecule has 1 aliphatic rings. The Morgan fingerprint density at radius 3 is 2.80 bits per heavy atom. The third-order valence-corrected chi connectivity index (χ3v) is 6.36. The van der Waals surface area contributed by atoms with Gasteiger partial charge in [-0.15, -0.1) is 0 Å². The zero-order valence-corrected chi connectivity index (χ0v) is 17.4. The van der Waals surface area contributed by atoms with Crippen molar-refractivity contribution < 1.29 is 14.0 Å². The van der Waals surface area contributed by atoms with E-state index in [0.29, 0.717) is 38.9 Å². The maximum atomic E-state index is 13.6. The number of carbonyl (C=O) groups is 2. The average molecular weight is 429 g/mol. The Hall–Kier alpha value is -2.71. The number of halogens is 1. The second-order valence-corrected chi connectivity index (χ2v) is 8.48. The number of aromatic amines is 1. The van der Waals surface area contributed by atoms with Gasteiger partial charge in [0.05, 0.1) is 6.42 Å². The van der Waals surface area contributed by atoms with Crippen LogP contribution < -0.4 is 16.0 Å². The van der Waals surface area contributed by atoms with E-state index in [2.05, 4.69) is 20.9 Å². The van der Waals surface area contributed by atoms with Gasteiger partial charge in [0.15, 0.2) is 0 Å². The van der Waals surface area contributed by atoms with E-state index in [0.717, 1.165) is 22.0 Å². The zero-order valence-electron chi connectivity index (χ0n) is 16.6. The summed E-state index contributed by atoms with van der Waals surface area (Å²) in [6.07, 6.45) is 3.79. The lowest BCUT2D eigenvalue weighted by atomic mass is 9.86. The van der Waals surface area contributed by atoms with E-state index in [1.165, 1.54) is 12.1 Å². The average Bonchev–Trinajstić information content (AvgIpc) is 3.38. The van der Waals surface area contributed by atoms with Gasteiger partial charge in [0.2, 0.25) is 11.8 Å². The summed E-state index contributed by atoms with van der Waals surface area (Å²) in [7, 11) is 0. The lowest BCUT2D eigenvalue weighted by molar-refractivity contribution is -0.134. The van der Waals surface area contributed by atoms with Gasteiger partial charge in [0.25, 0.3) is 0 Å². The quantitative estimate of drug-likeness (QED) is 0.467. The standard InChI is InChI=1S/C22H25FN4O2S/c23-17-1-2-19-18(12-17)16(13-26-19)3-7-25-21(29)22(5-8-24-9-6-22)27-20(28)11-15-4-10-30-14-15/h1-2,4,10,12-14,24,26H,3,5-9,11H2,(H,25,29)(H,27,28). The normalized spacial score (nSPS) is 15.8. The number of hydrogen-bond donors (Lipinski definition) is 4. The van der Waals surface area contributed by atoms with Gasteiger partial charge in [-0.2, -0.15) is 11.3 Å². The number of fused-ring (bicyclic) bond motifs is 1. The van der Waals surface area contributed by atoms with Crippen LogP contribution in [0, 0.1) is 5.82 Å². The number of aromatic nitrogens is 1. The largest absolute Gasteiger partial charge is 0.361 e. The number of H-pyrrole nitrogens is 1. The third-order valence-electron chi connectivity index (χ3n) is 5.62. The number of thiophene rings is 1. The van der Waals surface area contributed by atoms with Crippen molar-refractivity contribution in [2.75, 3.05) is 19.6 Å². The Balaban J connectivity index is 1.39. The minimum absolute atomic E-state index is 0.141. The van der Waals surface area contributed by atoms with Crippen LogP contribution in [0.4, 0.5) is 4.39 Å². The molecule has 3 heterocycles. The molecule has 2 aromatic heterocycles. The summed E-state index contributed by atoms with van der Waals surface area (Å²) in [6, 6.07) is 6.55. The first-order valence-electron chi connectivity index (χ1n) is 10.1. The summed E-state index contributed by atoms with van der Waals surface area (Å²) in [5.41, 5.74) is 1.87. The van der Waals surface area contributed by atoms with Crippen LogP contribution in [-0.4, -0.2) is 42.0 Å². The smallest absolute Gasteiger partial charge is 0.245 e. The first-order chi connectivity index (χ1) is 14.6. The summed E-state index contributed by atoms with van der Waals surface area (Å²) < 4.78 is 13.6. The molecule has 1 saturated heterocycles. The van der Waals surface area contributed by atoms with Crippen LogP contribution in [0.3, 0.4) is 0 Å². The lowest BCUT2D eigenvalue weighted by Gasteiger charge is -2.37. The lowest BCUT2D eigenvalue weighted by Crippen LogP contribution is -2.63. The van der Waals surface area contributed by atoms with Crippen molar-refractivity contribution in [1.29, 1.82) is 0 Å². The molecule has 30 heavy (non-hydrogen) atoms. The molecule has 0 atom stereocenters. The molecule has 0 saturated carbocycles. The number of hydrogen-bond acceptors (Lipinski definition) is 4. The SMILES string of the molecule is O=C(Cc1ccsc1)NC1(C(=O)NCCc2c[nH]c3ccc(F)cc23)CCNCC1. The fourth-order valence-corrected chi connectivity index (χ4v) is 4.66. The summed E-state index contributed by atoms with van der Waals surface area (Å²) >= 11 is 1.55. The molecular formula is C22H25FN4O2S. The van der Waals surface area contributed by atoms with Gasteiger partial charge < -0.3 is 20.9 Å². The first-order valence-corrected chi connectivity index (χ1v) is 11.1. The predicted molar refractivity (Wildman–Crippen MR) is 116 cm³/mol. The van der Waals surface area contributed by atoms with Crippen LogP contribution in [-0.2, 0) is 22.4 Å². The number of benzene rings is 1. The van der Waals surface area contributed by atoms with E-state index in [4.69, 9.17) is 0 Å². The Morgan fingerprint density at radius 2 is 2.03 bits per heavy atom. The van der Waals surface area contributed by atoms with Gasteiger partial charge in [-0.3, -0.25) is 9.59 Å². The Bertz CT molecular complexity index is 1030. The Morgan fingerprint density at radius 1 is 1.20 bits per heavy atom. The monoisotopic (exact) mass is 428 g/mol. The van der Waals surface area contributed by atoms with Crippen LogP contribution in [0.2, 0.25) is 0 Å². The van der Waals surface area contributed by atoms with Crippen LogP contribution in [0.15, 0.2) is 41.2 Å². The molecule has 3 aromatic rings. The molecule has 4 rings (SSSR count). The number of piperidine rings is 1. The van der Waals surface area contributed by atoms with Gasteiger partial charge >= 0.3 is 0 Å². The van der Waals surface area contributed by atoms with Crippen molar-refractivity contribution >= 4 is 34.1 Å². The van der Waals surface area contributed by atoms with Crippen molar-refractivity contribution in [3.05, 3.63) is 58.2 Å². The number of carbonyl (C=O) groups excluding carboxylic acids is 2. The fraction of sp³-hybridized carbons (Fsp3) is 0.364. The molecule has 8 heteroatoms. The van der Waals surface area contributed by atoms with Gasteiger partial charge in [0, 0.05) is 23.6 Å². The molecule has 158 valence electrons. The Kier molecular flexibility index (Phi) is 6.15. The van der Waals surface area contributed by atoms with E-state index in [9.17, 15) is 14.0 Å². The van der Waals surface area contributed by atoms with Crippen LogP contribution >= 0.6 is 11.3 Å². The summed E-state index contributed by atoms with van der Waals surface area (Å²) in [4.78, 5) is 28.8. The Labute approximate surface area is 178 Å². The van der Waals surface area contributed by atoms with Gasteiger partial charge in [-0.05, 0) is 78.5 Å². The topological polar surface area (TPSA) is 86.0 Å². The van der Waals surface area contributed by atoms with Crippen molar-refractivity contribution in [3.63, 3.8) is 0 Å². The molecule has 1 fully saturated rings. The van der Waals surface area contributed by atoms with Crippen molar-refractivity contribution in [2.45, 2.75) is 31.2 Å². The number of rotatable bonds is 7. The van der Waals surface area contributed by atoms with Crippen molar-refractivity contribution in [3.8, 4) is 0 Å². The molecule has 0 unspecified atom stereocenters. The highest BCUT2D eigenvalue weighted by atomic mass is 32.1. The highest BCUT2D eigenvalue weighted by Gasteiger charge is 2.40. The zero-order chi connectivity index (χ0) is 21.0. The second kappa shape index (κ2) is 8.97. The predicted octanol–water partition coefficient (Wildman–Crippen LogP) is 2.51. The maximum Gasteiger partial charge on any atom is 0.245 e. The minimum Gasteiger partial charge on any atom is -0.361 e. The molecule has 4 N–H and O–H groups in total. The molecule has 0 radical (unpaired) electrons. The van der Waals surface area contributed by atoms with Crippen LogP contribution in [0.1, 0.15) is 24.0 Å². The summed E-state index contributed by atoms with van der Waals surface area (Å²) in [5, 5.41) is 13.9. The summed E-state index contributed by atoms with van der Waals surface area (Å²) in [5.74, 6) is -0.583. The third kappa shape index (κ3) is 4.55. The molecule has 2 amide bonds.